The molecule has 5 N–H and O–H groups in total. The third-order valence-corrected chi connectivity index (χ3v) is 10.1. The van der Waals surface area contributed by atoms with Crippen LogP contribution in [0, 0.1) is 0 Å². The molecule has 0 spiro atoms. The van der Waals surface area contributed by atoms with E-state index in [0.29, 0.717) is 12.8 Å². The van der Waals surface area contributed by atoms with Crippen LogP contribution in [0.3, 0.4) is 0 Å². The van der Waals surface area contributed by atoms with Gasteiger partial charge in [-0.2, -0.15) is 0 Å². The van der Waals surface area contributed by atoms with Crippen LogP contribution in [0.4, 0.5) is 0 Å². The van der Waals surface area contributed by atoms with Gasteiger partial charge in [0.15, 0.2) is 0 Å². The summed E-state index contributed by atoms with van der Waals surface area (Å²) in [4.78, 5) is 22.7. The van der Waals surface area contributed by atoms with E-state index in [0.717, 1.165) is 89.9 Å². The Morgan fingerprint density at radius 1 is 0.630 bits per heavy atom. The van der Waals surface area contributed by atoms with Crippen molar-refractivity contribution in [2.75, 3.05) is 19.8 Å². The van der Waals surface area contributed by atoms with E-state index in [4.69, 9.17) is 14.8 Å². The molecule has 8 nitrogen and oxygen atoms in total. The molecule has 0 bridgehead atoms. The summed E-state index contributed by atoms with van der Waals surface area (Å²) in [6.07, 6.45) is 51.9. The Labute approximate surface area is 331 Å². The molecule has 0 aromatic heterocycles. The zero-order chi connectivity index (χ0) is 39.6. The van der Waals surface area contributed by atoms with E-state index in [2.05, 4.69) is 92.1 Å². The highest BCUT2D eigenvalue weighted by atomic mass is 31.2. The zero-order valence-corrected chi connectivity index (χ0v) is 35.3. The van der Waals surface area contributed by atoms with Crippen LogP contribution in [-0.2, 0) is 18.4 Å². The first-order valence-corrected chi connectivity index (χ1v) is 23.0. The minimum Gasteiger partial charge on any atom is -0.391 e. The summed E-state index contributed by atoms with van der Waals surface area (Å²) in [5.41, 5.74) is 5.37. The summed E-state index contributed by atoms with van der Waals surface area (Å²) in [5.74, 6) is -0.190. The highest BCUT2D eigenvalue weighted by molar-refractivity contribution is 7.47. The SMILES string of the molecule is CC/C=C\C/C=C\C/C=C\C/C=C\C/C=C\C/C=C\CCCCCCC(=O)NC(COP(=O)(O)OCCN)C(O)CCCCCCCCCCCCCC. The maximum absolute atomic E-state index is 12.8. The molecule has 3 unspecified atom stereocenters. The van der Waals surface area contributed by atoms with Gasteiger partial charge < -0.3 is 21.1 Å². The van der Waals surface area contributed by atoms with E-state index in [1.54, 1.807) is 0 Å². The first-order chi connectivity index (χ1) is 26.4. The van der Waals surface area contributed by atoms with Gasteiger partial charge in [0.1, 0.15) is 0 Å². The van der Waals surface area contributed by atoms with Crippen molar-refractivity contribution in [3.63, 3.8) is 0 Å². The Hall–Kier alpha value is -2.06. The maximum atomic E-state index is 12.8. The van der Waals surface area contributed by atoms with E-state index in [-0.39, 0.29) is 25.7 Å². The van der Waals surface area contributed by atoms with E-state index in [9.17, 15) is 19.4 Å². The number of allylic oxidation sites excluding steroid dienone is 12. The number of phosphoric acid groups is 1. The van der Waals surface area contributed by atoms with Crippen LogP contribution in [-0.4, -0.2) is 47.8 Å². The predicted octanol–water partition coefficient (Wildman–Crippen LogP) is 12.1. The third kappa shape index (κ3) is 38.2. The standard InChI is InChI=1S/C45H81N2O6P/c1-3-5-7-9-11-13-15-17-18-19-20-21-22-23-24-25-26-27-29-31-33-35-37-39-45(49)47-43(42-53-54(50,51)52-41-40-46)44(48)38-36-34-32-30-28-16-14-12-10-8-6-4-2/h5,7,11,13,17-18,20-21,23-24,26-27,43-44,48H,3-4,6,8-10,12,14-16,19,22,25,28-42,46H2,1-2H3,(H,47,49)(H,50,51)/b7-5-,13-11-,18-17-,21-20-,24-23-,27-26-. The van der Waals surface area contributed by atoms with Crippen LogP contribution < -0.4 is 11.1 Å². The normalized spacial score (nSPS) is 14.8. The topological polar surface area (TPSA) is 131 Å². The number of carbonyl (C=O) groups is 1. The van der Waals surface area contributed by atoms with Gasteiger partial charge in [-0.15, -0.1) is 0 Å². The smallest absolute Gasteiger partial charge is 0.391 e. The minimum absolute atomic E-state index is 0.0804. The highest BCUT2D eigenvalue weighted by Crippen LogP contribution is 2.43. The Balaban J connectivity index is 4.22. The molecule has 0 heterocycles. The fourth-order valence-electron chi connectivity index (χ4n) is 5.84. The number of nitrogens with one attached hydrogen (secondary N) is 1. The Morgan fingerprint density at radius 2 is 1.07 bits per heavy atom. The average molecular weight is 777 g/mol. The Kier molecular flexibility index (Phi) is 39.0. The summed E-state index contributed by atoms with van der Waals surface area (Å²) in [6, 6.07) is -0.791. The van der Waals surface area contributed by atoms with Crippen LogP contribution in [0.25, 0.3) is 0 Å². The van der Waals surface area contributed by atoms with Gasteiger partial charge in [-0.3, -0.25) is 13.8 Å². The number of phosphoric ester groups is 1. The van der Waals surface area contributed by atoms with Crippen molar-refractivity contribution in [1.29, 1.82) is 0 Å². The molecule has 0 aromatic rings. The molecule has 0 aliphatic rings. The first-order valence-electron chi connectivity index (χ1n) is 21.6. The molecular weight excluding hydrogens is 695 g/mol. The lowest BCUT2D eigenvalue weighted by molar-refractivity contribution is -0.123. The van der Waals surface area contributed by atoms with Crippen LogP contribution in [0.1, 0.15) is 174 Å². The number of carbonyl (C=O) groups excluding carboxylic acids is 1. The second-order valence-electron chi connectivity index (χ2n) is 14.2. The van der Waals surface area contributed by atoms with E-state index in [1.807, 2.05) is 0 Å². The summed E-state index contributed by atoms with van der Waals surface area (Å²) >= 11 is 0. The Bertz CT molecular complexity index is 1070. The minimum atomic E-state index is -4.32. The van der Waals surface area contributed by atoms with Crippen molar-refractivity contribution in [2.24, 2.45) is 5.73 Å². The quantitative estimate of drug-likeness (QED) is 0.0278. The lowest BCUT2D eigenvalue weighted by Crippen LogP contribution is -2.46. The molecule has 0 saturated carbocycles. The lowest BCUT2D eigenvalue weighted by atomic mass is 10.0. The number of hydrogen-bond acceptors (Lipinski definition) is 6. The number of aliphatic hydroxyl groups excluding tert-OH is 1. The molecule has 1 amide bonds. The molecule has 9 heteroatoms. The van der Waals surface area contributed by atoms with Crippen LogP contribution >= 0.6 is 7.82 Å². The predicted molar refractivity (Wildman–Crippen MR) is 230 cm³/mol. The fourth-order valence-corrected chi connectivity index (χ4v) is 6.60. The molecule has 0 aliphatic heterocycles. The van der Waals surface area contributed by atoms with Gasteiger partial charge in [-0.05, 0) is 64.2 Å². The molecule has 54 heavy (non-hydrogen) atoms. The van der Waals surface area contributed by atoms with Gasteiger partial charge in [0.2, 0.25) is 5.91 Å². The van der Waals surface area contributed by atoms with Gasteiger partial charge in [0.05, 0.1) is 25.4 Å². The Morgan fingerprint density at radius 3 is 1.57 bits per heavy atom. The number of amides is 1. The van der Waals surface area contributed by atoms with Crippen molar-refractivity contribution in [3.05, 3.63) is 72.9 Å². The molecule has 312 valence electrons. The van der Waals surface area contributed by atoms with Crippen LogP contribution in [0.2, 0.25) is 0 Å². The van der Waals surface area contributed by atoms with Gasteiger partial charge in [0.25, 0.3) is 0 Å². The van der Waals surface area contributed by atoms with Crippen LogP contribution in [0.15, 0.2) is 72.9 Å². The second-order valence-corrected chi connectivity index (χ2v) is 15.6. The van der Waals surface area contributed by atoms with Crippen LogP contribution in [0.5, 0.6) is 0 Å². The molecule has 0 rings (SSSR count). The van der Waals surface area contributed by atoms with Crippen molar-refractivity contribution in [3.8, 4) is 0 Å². The fraction of sp³-hybridized carbons (Fsp3) is 0.711. The van der Waals surface area contributed by atoms with Crippen molar-refractivity contribution in [1.82, 2.24) is 5.32 Å². The van der Waals surface area contributed by atoms with Gasteiger partial charge in [-0.25, -0.2) is 4.57 Å². The largest absolute Gasteiger partial charge is 0.472 e. The monoisotopic (exact) mass is 777 g/mol. The molecule has 0 radical (unpaired) electrons. The van der Waals surface area contributed by atoms with Crippen molar-refractivity contribution >= 4 is 13.7 Å². The van der Waals surface area contributed by atoms with Gasteiger partial charge in [-0.1, -0.05) is 177 Å². The molecule has 0 aromatic carbocycles. The number of unbranched alkanes of at least 4 members (excludes halogenated alkanes) is 15. The number of aliphatic hydroxyl groups is 1. The second kappa shape index (κ2) is 40.6. The summed E-state index contributed by atoms with van der Waals surface area (Å²) in [6.45, 7) is 4.05. The molecule has 3 atom stereocenters. The number of rotatable bonds is 39. The summed E-state index contributed by atoms with van der Waals surface area (Å²) in [5, 5.41) is 13.8. The summed E-state index contributed by atoms with van der Waals surface area (Å²) in [7, 11) is -4.32. The number of nitrogens with two attached hydrogens (primary N) is 1. The molecule has 0 saturated heterocycles. The van der Waals surface area contributed by atoms with Crippen molar-refractivity contribution < 1.29 is 28.4 Å². The van der Waals surface area contributed by atoms with Gasteiger partial charge >= 0.3 is 7.82 Å². The van der Waals surface area contributed by atoms with E-state index in [1.165, 1.54) is 57.8 Å². The molecular formula is C45H81N2O6P. The molecule has 0 aliphatic carbocycles. The number of hydrogen-bond donors (Lipinski definition) is 4. The third-order valence-electron chi connectivity index (χ3n) is 9.07. The highest BCUT2D eigenvalue weighted by Gasteiger charge is 2.27. The van der Waals surface area contributed by atoms with E-state index >= 15 is 0 Å². The maximum Gasteiger partial charge on any atom is 0.472 e. The van der Waals surface area contributed by atoms with Gasteiger partial charge in [0, 0.05) is 13.0 Å². The van der Waals surface area contributed by atoms with Crippen molar-refractivity contribution in [2.45, 2.75) is 187 Å². The summed E-state index contributed by atoms with van der Waals surface area (Å²) < 4.78 is 22.1. The van der Waals surface area contributed by atoms with E-state index < -0.39 is 20.0 Å². The lowest BCUT2D eigenvalue weighted by Gasteiger charge is -2.25. The first kappa shape index (κ1) is 51.9. The molecule has 0 fully saturated rings. The average Bonchev–Trinajstić information content (AvgIpc) is 3.16. The zero-order valence-electron chi connectivity index (χ0n) is 34.4.